The van der Waals surface area contributed by atoms with Gasteiger partial charge in [0.25, 0.3) is 11.6 Å². The molecule has 7 heteroatoms. The maximum atomic E-state index is 12.1. The first-order chi connectivity index (χ1) is 15.1. The zero-order valence-corrected chi connectivity index (χ0v) is 18.1. The van der Waals surface area contributed by atoms with Gasteiger partial charge in [0.2, 0.25) is 0 Å². The monoisotopic (exact) mass is 425 g/mol. The van der Waals surface area contributed by atoms with Crippen molar-refractivity contribution in [2.75, 3.05) is 45.4 Å². The second-order valence-electron chi connectivity index (χ2n) is 8.18. The second-order valence-corrected chi connectivity index (χ2v) is 8.18. The van der Waals surface area contributed by atoms with Gasteiger partial charge in [-0.1, -0.05) is 0 Å². The van der Waals surface area contributed by atoms with Crippen LogP contribution in [0.5, 0.6) is 23.0 Å². The van der Waals surface area contributed by atoms with Crippen molar-refractivity contribution in [3.8, 4) is 23.0 Å². The molecule has 3 aliphatic heterocycles. The summed E-state index contributed by atoms with van der Waals surface area (Å²) in [7, 11) is 3.33. The van der Waals surface area contributed by atoms with Gasteiger partial charge in [0.15, 0.2) is 29.5 Å². The second kappa shape index (κ2) is 7.96. The smallest absolute Gasteiger partial charge is 0.271 e. The zero-order chi connectivity index (χ0) is 21.4. The molecular weight excluding hydrogens is 396 g/mol. The van der Waals surface area contributed by atoms with Gasteiger partial charge >= 0.3 is 0 Å². The Morgan fingerprint density at radius 1 is 0.968 bits per heavy atom. The molecule has 3 heterocycles. The van der Waals surface area contributed by atoms with Gasteiger partial charge in [-0.25, -0.2) is 9.48 Å². The van der Waals surface area contributed by atoms with Crippen LogP contribution < -0.4 is 23.8 Å². The third-order valence-electron chi connectivity index (χ3n) is 6.41. The minimum atomic E-state index is -1.18. The fourth-order valence-corrected chi connectivity index (χ4v) is 4.84. The molecule has 0 bridgehead atoms. The normalized spacial score (nSPS) is 22.7. The van der Waals surface area contributed by atoms with Crippen molar-refractivity contribution in [2.24, 2.45) is 0 Å². The lowest BCUT2D eigenvalue weighted by Crippen LogP contribution is -2.41. The summed E-state index contributed by atoms with van der Waals surface area (Å²) in [6, 6.07) is 11.5. The van der Waals surface area contributed by atoms with E-state index in [1.54, 1.807) is 14.2 Å². The van der Waals surface area contributed by atoms with Crippen LogP contribution in [0.15, 0.2) is 36.4 Å². The summed E-state index contributed by atoms with van der Waals surface area (Å²) in [5.41, 5.74) is 0.529. The maximum absolute atomic E-state index is 12.1. The van der Waals surface area contributed by atoms with E-state index in [9.17, 15) is 5.11 Å². The van der Waals surface area contributed by atoms with Crippen LogP contribution in [-0.4, -0.2) is 56.0 Å². The summed E-state index contributed by atoms with van der Waals surface area (Å²) >= 11 is 0. The Bertz CT molecular complexity index is 1020. The van der Waals surface area contributed by atoms with Crippen molar-refractivity contribution >= 4 is 11.5 Å². The highest BCUT2D eigenvalue weighted by Gasteiger charge is 2.53. The first-order valence-corrected chi connectivity index (χ1v) is 10.9. The van der Waals surface area contributed by atoms with Crippen LogP contribution in [0.3, 0.4) is 0 Å². The predicted molar refractivity (Wildman–Crippen MR) is 117 cm³/mol. The molecule has 0 radical (unpaired) electrons. The molecule has 1 N–H and O–H groups in total. The zero-order valence-electron chi connectivity index (χ0n) is 18.1. The quantitative estimate of drug-likeness (QED) is 0.760. The van der Waals surface area contributed by atoms with Crippen LogP contribution in [-0.2, 0) is 5.72 Å². The van der Waals surface area contributed by atoms with Crippen LogP contribution in [0.4, 0.5) is 5.69 Å². The van der Waals surface area contributed by atoms with Gasteiger partial charge in [-0.05, 0) is 49.6 Å². The molecular formula is C24H29N2O5+. The lowest BCUT2D eigenvalue weighted by Gasteiger charge is -2.26. The van der Waals surface area contributed by atoms with E-state index in [0.29, 0.717) is 25.5 Å². The standard InChI is InChI=1S/C24H29N2O5/c1-28-18-8-10-20(29-2)19(15-18)25-16-24(27,26-11-5-3-4-6-23(25)26)17-7-9-21-22(14-17)31-13-12-30-21/h7-10,14-15,27H,3-6,11-13,16H2,1-2H3/q+1/t24-/m0/s1. The van der Waals surface area contributed by atoms with Crippen LogP contribution in [0.2, 0.25) is 0 Å². The van der Waals surface area contributed by atoms with Crippen LogP contribution >= 0.6 is 0 Å². The highest BCUT2D eigenvalue weighted by atomic mass is 16.6. The number of ether oxygens (including phenoxy) is 4. The number of benzene rings is 2. The number of β-amino-alcohol motifs (C(OH)–C–C–N with tert-alkyl or cyclic N) is 1. The molecule has 164 valence electrons. The van der Waals surface area contributed by atoms with E-state index in [0.717, 1.165) is 66.6 Å². The van der Waals surface area contributed by atoms with E-state index in [2.05, 4.69) is 9.48 Å². The lowest BCUT2D eigenvalue weighted by molar-refractivity contribution is -0.658. The van der Waals surface area contributed by atoms with E-state index >= 15 is 0 Å². The first-order valence-electron chi connectivity index (χ1n) is 10.9. The molecule has 0 aliphatic carbocycles. The molecule has 0 unspecified atom stereocenters. The Labute approximate surface area is 182 Å². The number of hydrogen-bond donors (Lipinski definition) is 1. The van der Waals surface area contributed by atoms with Crippen LogP contribution in [0.25, 0.3) is 0 Å². The van der Waals surface area contributed by atoms with Crippen molar-refractivity contribution in [3.05, 3.63) is 42.0 Å². The van der Waals surface area contributed by atoms with Gasteiger partial charge < -0.3 is 24.1 Å². The largest absolute Gasteiger partial charge is 0.497 e. The molecule has 0 aromatic heterocycles. The molecule has 31 heavy (non-hydrogen) atoms. The van der Waals surface area contributed by atoms with Gasteiger partial charge in [0, 0.05) is 18.1 Å². The average molecular weight is 426 g/mol. The SMILES string of the molecule is COc1ccc(OC)c(N2C[C@](O)(c3ccc4c(c3)OCCO4)[N+]3=C2CCCCC3)c1. The third-order valence-corrected chi connectivity index (χ3v) is 6.41. The average Bonchev–Trinajstić information content (AvgIpc) is 2.96. The summed E-state index contributed by atoms with van der Waals surface area (Å²) in [5.74, 6) is 4.03. The van der Waals surface area contributed by atoms with Gasteiger partial charge in [0.05, 0.1) is 20.8 Å². The van der Waals surface area contributed by atoms with Gasteiger partial charge in [-0.2, -0.15) is 0 Å². The number of rotatable bonds is 4. The van der Waals surface area contributed by atoms with E-state index in [1.807, 2.05) is 36.4 Å². The topological polar surface area (TPSA) is 63.4 Å². The number of nitrogens with zero attached hydrogens (tertiary/aromatic N) is 2. The molecule has 1 atom stereocenters. The fourth-order valence-electron chi connectivity index (χ4n) is 4.84. The van der Waals surface area contributed by atoms with Crippen molar-refractivity contribution in [2.45, 2.75) is 31.4 Å². The molecule has 5 rings (SSSR count). The van der Waals surface area contributed by atoms with Gasteiger partial charge in [-0.15, -0.1) is 0 Å². The Balaban J connectivity index is 1.61. The summed E-state index contributed by atoms with van der Waals surface area (Å²) in [5, 5.41) is 12.1. The van der Waals surface area contributed by atoms with Crippen molar-refractivity contribution < 1.29 is 28.6 Å². The molecule has 0 fully saturated rings. The predicted octanol–water partition coefficient (Wildman–Crippen LogP) is 3.13. The van der Waals surface area contributed by atoms with Crippen molar-refractivity contribution in [1.29, 1.82) is 0 Å². The fraction of sp³-hybridized carbons (Fsp3) is 0.458. The summed E-state index contributed by atoms with van der Waals surface area (Å²) in [6.07, 6.45) is 4.17. The highest BCUT2D eigenvalue weighted by molar-refractivity contribution is 5.97. The van der Waals surface area contributed by atoms with E-state index in [4.69, 9.17) is 18.9 Å². The minimum Gasteiger partial charge on any atom is -0.497 e. The summed E-state index contributed by atoms with van der Waals surface area (Å²) in [6.45, 7) is 2.25. The summed E-state index contributed by atoms with van der Waals surface area (Å²) < 4.78 is 24.8. The van der Waals surface area contributed by atoms with E-state index in [-0.39, 0.29) is 0 Å². The molecule has 0 amide bonds. The number of fused-ring (bicyclic) bond motifs is 1. The molecule has 7 nitrogen and oxygen atoms in total. The molecule has 0 saturated carbocycles. The van der Waals surface area contributed by atoms with Crippen LogP contribution in [0.1, 0.15) is 31.2 Å². The Hall–Kier alpha value is -2.93. The molecule has 3 aliphatic rings. The van der Waals surface area contributed by atoms with Crippen molar-refractivity contribution in [1.82, 2.24) is 0 Å². The van der Waals surface area contributed by atoms with E-state index < -0.39 is 5.72 Å². The van der Waals surface area contributed by atoms with Gasteiger partial charge in [0.1, 0.15) is 19.0 Å². The number of aliphatic hydroxyl groups is 1. The number of amidine groups is 1. The number of hydrogen-bond acceptors (Lipinski definition) is 6. The first kappa shape index (κ1) is 20.0. The third kappa shape index (κ3) is 3.37. The molecule has 2 aromatic rings. The minimum absolute atomic E-state index is 0.394. The Morgan fingerprint density at radius 2 is 1.81 bits per heavy atom. The highest BCUT2D eigenvalue weighted by Crippen LogP contribution is 2.42. The van der Waals surface area contributed by atoms with Gasteiger partial charge in [-0.3, -0.25) is 0 Å². The summed E-state index contributed by atoms with van der Waals surface area (Å²) in [4.78, 5) is 2.18. The number of methoxy groups -OCH3 is 2. The van der Waals surface area contributed by atoms with Crippen LogP contribution in [0, 0.1) is 0 Å². The maximum Gasteiger partial charge on any atom is 0.271 e. The molecule has 0 saturated heterocycles. The number of anilines is 1. The molecule has 2 aromatic carbocycles. The van der Waals surface area contributed by atoms with E-state index in [1.165, 1.54) is 0 Å². The van der Waals surface area contributed by atoms with Crippen molar-refractivity contribution in [3.63, 3.8) is 0 Å². The Morgan fingerprint density at radius 3 is 2.61 bits per heavy atom. The lowest BCUT2D eigenvalue weighted by atomic mass is 10.0. The molecule has 0 spiro atoms. The Kier molecular flexibility index (Phi) is 5.14.